The molecular formula is C12H18N2O2. The maximum atomic E-state index is 11.4. The number of aromatic nitrogens is 1. The van der Waals surface area contributed by atoms with Crippen molar-refractivity contribution < 1.29 is 9.53 Å². The molecule has 0 spiro atoms. The largest absolute Gasteiger partial charge is 0.459 e. The molecular weight excluding hydrogens is 204 g/mol. The zero-order valence-corrected chi connectivity index (χ0v) is 10.2. The van der Waals surface area contributed by atoms with Crippen molar-refractivity contribution in [1.82, 2.24) is 4.98 Å². The van der Waals surface area contributed by atoms with E-state index in [9.17, 15) is 4.79 Å². The van der Waals surface area contributed by atoms with Gasteiger partial charge in [0.1, 0.15) is 18.0 Å². The van der Waals surface area contributed by atoms with Crippen LogP contribution in [-0.2, 0) is 9.53 Å². The van der Waals surface area contributed by atoms with E-state index in [0.29, 0.717) is 5.82 Å². The first kappa shape index (κ1) is 12.5. The van der Waals surface area contributed by atoms with Crippen molar-refractivity contribution in [3.8, 4) is 0 Å². The van der Waals surface area contributed by atoms with Gasteiger partial charge in [0.25, 0.3) is 0 Å². The van der Waals surface area contributed by atoms with E-state index in [1.807, 2.05) is 39.8 Å². The normalized spacial score (nSPS) is 11.0. The molecule has 0 aromatic carbocycles. The Morgan fingerprint density at radius 1 is 1.44 bits per heavy atom. The standard InChI is InChI=1S/C12H18N2O2/c1-9-5-6-10(13-7-9)14-8-11(15)16-12(2,3)4/h5-7H,8H2,1-4H3,(H,13,14). The average Bonchev–Trinajstić information content (AvgIpc) is 2.14. The maximum Gasteiger partial charge on any atom is 0.325 e. The molecule has 0 amide bonds. The molecule has 1 aromatic heterocycles. The van der Waals surface area contributed by atoms with Gasteiger partial charge in [-0.1, -0.05) is 6.07 Å². The molecule has 16 heavy (non-hydrogen) atoms. The fraction of sp³-hybridized carbons (Fsp3) is 0.500. The van der Waals surface area contributed by atoms with E-state index in [0.717, 1.165) is 5.56 Å². The summed E-state index contributed by atoms with van der Waals surface area (Å²) in [7, 11) is 0. The Balaban J connectivity index is 2.40. The lowest BCUT2D eigenvalue weighted by Gasteiger charge is -2.19. The Bertz CT molecular complexity index is 352. The average molecular weight is 222 g/mol. The van der Waals surface area contributed by atoms with Crippen LogP contribution in [0.5, 0.6) is 0 Å². The van der Waals surface area contributed by atoms with E-state index in [4.69, 9.17) is 4.74 Å². The molecule has 4 heteroatoms. The highest BCUT2D eigenvalue weighted by Crippen LogP contribution is 2.08. The summed E-state index contributed by atoms with van der Waals surface area (Å²) in [4.78, 5) is 15.5. The molecule has 1 aromatic rings. The zero-order chi connectivity index (χ0) is 12.2. The third-order valence-electron chi connectivity index (χ3n) is 1.75. The maximum absolute atomic E-state index is 11.4. The van der Waals surface area contributed by atoms with Crippen molar-refractivity contribution in [3.05, 3.63) is 23.9 Å². The predicted octanol–water partition coefficient (Wildman–Crippen LogP) is 2.14. The summed E-state index contributed by atoms with van der Waals surface area (Å²) < 4.78 is 5.15. The van der Waals surface area contributed by atoms with E-state index in [1.165, 1.54) is 0 Å². The van der Waals surface area contributed by atoms with Crippen LogP contribution in [0.3, 0.4) is 0 Å². The van der Waals surface area contributed by atoms with Gasteiger partial charge in [-0.25, -0.2) is 4.98 Å². The van der Waals surface area contributed by atoms with Crippen LogP contribution in [0.15, 0.2) is 18.3 Å². The molecule has 1 N–H and O–H groups in total. The van der Waals surface area contributed by atoms with E-state index in [2.05, 4.69) is 10.3 Å². The Morgan fingerprint density at radius 3 is 2.62 bits per heavy atom. The first-order valence-electron chi connectivity index (χ1n) is 5.25. The lowest BCUT2D eigenvalue weighted by molar-refractivity contribution is -0.152. The first-order valence-corrected chi connectivity index (χ1v) is 5.25. The number of pyridine rings is 1. The van der Waals surface area contributed by atoms with E-state index >= 15 is 0 Å². The van der Waals surface area contributed by atoms with Crippen LogP contribution in [0.25, 0.3) is 0 Å². The number of ether oxygens (including phenoxy) is 1. The molecule has 0 saturated heterocycles. The summed E-state index contributed by atoms with van der Waals surface area (Å²) in [6, 6.07) is 3.77. The summed E-state index contributed by atoms with van der Waals surface area (Å²) in [5.74, 6) is 0.395. The molecule has 0 saturated carbocycles. The van der Waals surface area contributed by atoms with Crippen LogP contribution >= 0.6 is 0 Å². The summed E-state index contributed by atoms with van der Waals surface area (Å²) in [6.07, 6.45) is 1.75. The van der Waals surface area contributed by atoms with Crippen LogP contribution in [0.4, 0.5) is 5.82 Å². The summed E-state index contributed by atoms with van der Waals surface area (Å²) in [5.41, 5.74) is 0.641. The molecule has 4 nitrogen and oxygen atoms in total. The Kier molecular flexibility index (Phi) is 3.88. The van der Waals surface area contributed by atoms with Crippen LogP contribution in [0.2, 0.25) is 0 Å². The Morgan fingerprint density at radius 2 is 2.12 bits per heavy atom. The number of hydrogen-bond donors (Lipinski definition) is 1. The SMILES string of the molecule is Cc1ccc(NCC(=O)OC(C)(C)C)nc1. The van der Waals surface area contributed by atoms with Gasteiger partial charge in [0, 0.05) is 6.20 Å². The van der Waals surface area contributed by atoms with Crippen molar-refractivity contribution in [2.75, 3.05) is 11.9 Å². The first-order chi connectivity index (χ1) is 7.37. The lowest BCUT2D eigenvalue weighted by Crippen LogP contribution is -2.28. The third-order valence-corrected chi connectivity index (χ3v) is 1.75. The number of nitrogens with zero attached hydrogens (tertiary/aromatic N) is 1. The highest BCUT2D eigenvalue weighted by atomic mass is 16.6. The van der Waals surface area contributed by atoms with Gasteiger partial charge >= 0.3 is 5.97 Å². The summed E-state index contributed by atoms with van der Waals surface area (Å²) in [5, 5.41) is 2.91. The minimum Gasteiger partial charge on any atom is -0.459 e. The number of carbonyl (C=O) groups is 1. The lowest BCUT2D eigenvalue weighted by atomic mass is 10.2. The molecule has 0 aliphatic rings. The smallest absolute Gasteiger partial charge is 0.325 e. The molecule has 0 aliphatic carbocycles. The number of carbonyl (C=O) groups excluding carboxylic acids is 1. The molecule has 88 valence electrons. The predicted molar refractivity (Wildman–Crippen MR) is 63.3 cm³/mol. The van der Waals surface area contributed by atoms with Gasteiger partial charge in [0.2, 0.25) is 0 Å². The topological polar surface area (TPSA) is 51.2 Å². The van der Waals surface area contributed by atoms with E-state index < -0.39 is 5.60 Å². The fourth-order valence-corrected chi connectivity index (χ4v) is 1.11. The van der Waals surface area contributed by atoms with Gasteiger partial charge in [-0.3, -0.25) is 4.79 Å². The molecule has 1 rings (SSSR count). The number of aryl methyl sites for hydroxylation is 1. The monoisotopic (exact) mass is 222 g/mol. The molecule has 0 atom stereocenters. The van der Waals surface area contributed by atoms with Crippen molar-refractivity contribution in [2.24, 2.45) is 0 Å². The summed E-state index contributed by atoms with van der Waals surface area (Å²) in [6.45, 7) is 7.62. The minimum absolute atomic E-state index is 0.132. The van der Waals surface area contributed by atoms with Crippen molar-refractivity contribution in [3.63, 3.8) is 0 Å². The molecule has 0 radical (unpaired) electrons. The van der Waals surface area contributed by atoms with Gasteiger partial charge < -0.3 is 10.1 Å². The van der Waals surface area contributed by atoms with Crippen LogP contribution in [0.1, 0.15) is 26.3 Å². The number of anilines is 1. The van der Waals surface area contributed by atoms with Gasteiger partial charge in [0.15, 0.2) is 0 Å². The van der Waals surface area contributed by atoms with Crippen molar-refractivity contribution in [2.45, 2.75) is 33.3 Å². The fourth-order valence-electron chi connectivity index (χ4n) is 1.11. The molecule has 0 aliphatic heterocycles. The highest BCUT2D eigenvalue weighted by Gasteiger charge is 2.15. The highest BCUT2D eigenvalue weighted by molar-refractivity contribution is 5.74. The van der Waals surface area contributed by atoms with E-state index in [1.54, 1.807) is 6.20 Å². The Hall–Kier alpha value is -1.58. The summed E-state index contributed by atoms with van der Waals surface area (Å²) >= 11 is 0. The second-order valence-corrected chi connectivity index (χ2v) is 4.66. The second kappa shape index (κ2) is 4.96. The minimum atomic E-state index is -0.445. The van der Waals surface area contributed by atoms with Gasteiger partial charge in [0.05, 0.1) is 0 Å². The second-order valence-electron chi connectivity index (χ2n) is 4.66. The van der Waals surface area contributed by atoms with Crippen LogP contribution in [-0.4, -0.2) is 23.1 Å². The van der Waals surface area contributed by atoms with Crippen LogP contribution in [0, 0.1) is 6.92 Å². The number of esters is 1. The zero-order valence-electron chi connectivity index (χ0n) is 10.2. The van der Waals surface area contributed by atoms with E-state index in [-0.39, 0.29) is 12.5 Å². The van der Waals surface area contributed by atoms with Crippen molar-refractivity contribution in [1.29, 1.82) is 0 Å². The number of hydrogen-bond acceptors (Lipinski definition) is 4. The van der Waals surface area contributed by atoms with Crippen molar-refractivity contribution >= 4 is 11.8 Å². The van der Waals surface area contributed by atoms with Gasteiger partial charge in [-0.05, 0) is 39.3 Å². The van der Waals surface area contributed by atoms with Crippen LogP contribution < -0.4 is 5.32 Å². The number of nitrogens with one attached hydrogen (secondary N) is 1. The van der Waals surface area contributed by atoms with Gasteiger partial charge in [-0.15, -0.1) is 0 Å². The quantitative estimate of drug-likeness (QED) is 0.796. The molecule has 0 unspecified atom stereocenters. The Labute approximate surface area is 96.0 Å². The number of rotatable bonds is 3. The molecule has 1 heterocycles. The molecule has 0 bridgehead atoms. The third kappa shape index (κ3) is 4.77. The van der Waals surface area contributed by atoms with Gasteiger partial charge in [-0.2, -0.15) is 0 Å². The molecule has 0 fully saturated rings.